The van der Waals surface area contributed by atoms with Gasteiger partial charge < -0.3 is 10.2 Å². The molecule has 0 aliphatic heterocycles. The summed E-state index contributed by atoms with van der Waals surface area (Å²) >= 11 is 1.94. The van der Waals surface area contributed by atoms with Crippen LogP contribution in [-0.2, 0) is 5.41 Å². The van der Waals surface area contributed by atoms with Crippen LogP contribution in [0.5, 0.6) is 0 Å². The van der Waals surface area contributed by atoms with Gasteiger partial charge in [0, 0.05) is 30.3 Å². The first-order valence-electron chi connectivity index (χ1n) is 7.46. The minimum atomic E-state index is 0.149. The van der Waals surface area contributed by atoms with Gasteiger partial charge in [-0.15, -0.1) is 0 Å². The van der Waals surface area contributed by atoms with Crippen molar-refractivity contribution in [3.05, 3.63) is 35.9 Å². The van der Waals surface area contributed by atoms with Crippen molar-refractivity contribution in [2.75, 3.05) is 39.2 Å². The van der Waals surface area contributed by atoms with Crippen molar-refractivity contribution in [2.24, 2.45) is 0 Å². The van der Waals surface area contributed by atoms with Crippen LogP contribution in [0.25, 0.3) is 0 Å². The second-order valence-corrected chi connectivity index (χ2v) is 6.80. The van der Waals surface area contributed by atoms with Gasteiger partial charge in [0.05, 0.1) is 0 Å². The second-order valence-electron chi connectivity index (χ2n) is 5.89. The Hall–Kier alpha value is -0.510. The summed E-state index contributed by atoms with van der Waals surface area (Å²) in [5.41, 5.74) is 1.57. The molecule has 0 radical (unpaired) electrons. The number of thioether (sulfide) groups is 1. The first-order chi connectivity index (χ1) is 9.57. The van der Waals surface area contributed by atoms with E-state index in [-0.39, 0.29) is 5.41 Å². The minimum absolute atomic E-state index is 0.149. The predicted molar refractivity (Wildman–Crippen MR) is 92.8 cm³/mol. The van der Waals surface area contributed by atoms with Crippen LogP contribution < -0.4 is 5.32 Å². The fourth-order valence-corrected chi connectivity index (χ4v) is 3.78. The Bertz CT molecular complexity index is 369. The molecule has 3 heteroatoms. The highest BCUT2D eigenvalue weighted by Gasteiger charge is 2.29. The van der Waals surface area contributed by atoms with Crippen molar-refractivity contribution in [1.82, 2.24) is 10.2 Å². The smallest absolute Gasteiger partial charge is 0.0180 e. The summed E-state index contributed by atoms with van der Waals surface area (Å²) in [6.45, 7) is 6.73. The van der Waals surface area contributed by atoms with Gasteiger partial charge in [0.2, 0.25) is 0 Å². The van der Waals surface area contributed by atoms with Crippen LogP contribution in [0.2, 0.25) is 0 Å². The Labute approximate surface area is 129 Å². The lowest BCUT2D eigenvalue weighted by Crippen LogP contribution is -2.47. The first kappa shape index (κ1) is 17.5. The molecule has 0 aliphatic rings. The van der Waals surface area contributed by atoms with E-state index in [9.17, 15) is 0 Å². The molecule has 1 aromatic rings. The van der Waals surface area contributed by atoms with Gasteiger partial charge in [-0.25, -0.2) is 0 Å². The molecule has 2 atom stereocenters. The van der Waals surface area contributed by atoms with E-state index in [1.807, 2.05) is 18.8 Å². The third-order valence-corrected chi connectivity index (χ3v) is 4.81. The van der Waals surface area contributed by atoms with Crippen molar-refractivity contribution in [3.8, 4) is 0 Å². The third-order valence-electron chi connectivity index (χ3n) is 4.09. The zero-order valence-electron chi connectivity index (χ0n) is 13.6. The topological polar surface area (TPSA) is 15.3 Å². The molecule has 0 amide bonds. The molecule has 2 nitrogen and oxygen atoms in total. The van der Waals surface area contributed by atoms with E-state index in [0.717, 1.165) is 13.1 Å². The second kappa shape index (κ2) is 8.71. The van der Waals surface area contributed by atoms with Crippen molar-refractivity contribution >= 4 is 11.8 Å². The molecule has 1 rings (SSSR count). The minimum Gasteiger partial charge on any atom is -0.319 e. The summed E-state index contributed by atoms with van der Waals surface area (Å²) < 4.78 is 0. The van der Waals surface area contributed by atoms with Crippen molar-refractivity contribution in [3.63, 3.8) is 0 Å². The Morgan fingerprint density at radius 2 is 1.95 bits per heavy atom. The lowest BCUT2D eigenvalue weighted by molar-refractivity contribution is 0.200. The van der Waals surface area contributed by atoms with E-state index in [1.54, 1.807) is 0 Å². The van der Waals surface area contributed by atoms with Crippen LogP contribution in [0.15, 0.2) is 30.3 Å². The Kier molecular flexibility index (Phi) is 7.63. The molecule has 0 saturated carbocycles. The van der Waals surface area contributed by atoms with Gasteiger partial charge in [-0.1, -0.05) is 44.2 Å². The average molecular weight is 295 g/mol. The number of nitrogens with one attached hydrogen (secondary N) is 1. The molecule has 114 valence electrons. The van der Waals surface area contributed by atoms with E-state index < -0.39 is 0 Å². The molecule has 0 bridgehead atoms. The van der Waals surface area contributed by atoms with Crippen LogP contribution in [0, 0.1) is 0 Å². The van der Waals surface area contributed by atoms with Crippen LogP contribution in [-0.4, -0.2) is 50.1 Å². The molecule has 2 unspecified atom stereocenters. The maximum Gasteiger partial charge on any atom is 0.0180 e. The SMILES string of the molecule is CCC(CSC)N(C)CC(C)(CNC)c1ccccc1. The van der Waals surface area contributed by atoms with E-state index in [1.165, 1.54) is 17.7 Å². The van der Waals surface area contributed by atoms with Gasteiger partial charge in [-0.2, -0.15) is 11.8 Å². The monoisotopic (exact) mass is 294 g/mol. The molecule has 0 aromatic heterocycles. The highest BCUT2D eigenvalue weighted by Crippen LogP contribution is 2.25. The molecule has 0 aliphatic carbocycles. The summed E-state index contributed by atoms with van der Waals surface area (Å²) in [5.74, 6) is 1.21. The van der Waals surface area contributed by atoms with Gasteiger partial charge in [0.25, 0.3) is 0 Å². The Morgan fingerprint density at radius 1 is 1.30 bits per heavy atom. The van der Waals surface area contributed by atoms with E-state index in [0.29, 0.717) is 6.04 Å². The summed E-state index contributed by atoms with van der Waals surface area (Å²) in [5, 5.41) is 3.37. The maximum atomic E-state index is 3.37. The maximum absolute atomic E-state index is 3.37. The van der Waals surface area contributed by atoms with Crippen LogP contribution in [0.4, 0.5) is 0 Å². The van der Waals surface area contributed by atoms with Crippen molar-refractivity contribution in [1.29, 1.82) is 0 Å². The van der Waals surface area contributed by atoms with Crippen molar-refractivity contribution in [2.45, 2.75) is 31.7 Å². The molecule has 1 N–H and O–H groups in total. The first-order valence-corrected chi connectivity index (χ1v) is 8.86. The number of benzene rings is 1. The molecule has 0 spiro atoms. The van der Waals surface area contributed by atoms with Gasteiger partial charge in [-0.05, 0) is 32.3 Å². The molecular weight excluding hydrogens is 264 g/mol. The van der Waals surface area contributed by atoms with Crippen molar-refractivity contribution < 1.29 is 0 Å². The number of likely N-dealkylation sites (N-methyl/N-ethyl adjacent to an activating group) is 2. The summed E-state index contributed by atoms with van der Waals surface area (Å²) in [4.78, 5) is 2.53. The van der Waals surface area contributed by atoms with E-state index >= 15 is 0 Å². The number of hydrogen-bond donors (Lipinski definition) is 1. The van der Waals surface area contributed by atoms with Gasteiger partial charge in [0.1, 0.15) is 0 Å². The number of hydrogen-bond acceptors (Lipinski definition) is 3. The zero-order chi connectivity index (χ0) is 15.0. The Morgan fingerprint density at radius 3 is 2.45 bits per heavy atom. The normalized spacial score (nSPS) is 16.1. The van der Waals surface area contributed by atoms with Crippen LogP contribution in [0.1, 0.15) is 25.8 Å². The van der Waals surface area contributed by atoms with Crippen LogP contribution >= 0.6 is 11.8 Å². The quantitative estimate of drug-likeness (QED) is 0.753. The van der Waals surface area contributed by atoms with Gasteiger partial charge in [0.15, 0.2) is 0 Å². The molecule has 0 heterocycles. The van der Waals surface area contributed by atoms with Gasteiger partial charge in [-0.3, -0.25) is 0 Å². The van der Waals surface area contributed by atoms with E-state index in [4.69, 9.17) is 0 Å². The zero-order valence-corrected chi connectivity index (χ0v) is 14.5. The molecule has 1 aromatic carbocycles. The largest absolute Gasteiger partial charge is 0.319 e. The fourth-order valence-electron chi connectivity index (χ4n) is 2.91. The Balaban J connectivity index is 2.86. The molecular formula is C17H30N2S. The van der Waals surface area contributed by atoms with Gasteiger partial charge >= 0.3 is 0 Å². The molecule has 20 heavy (non-hydrogen) atoms. The lowest BCUT2D eigenvalue weighted by atomic mass is 9.81. The summed E-state index contributed by atoms with van der Waals surface area (Å²) in [6.07, 6.45) is 3.41. The predicted octanol–water partition coefficient (Wildman–Crippen LogP) is 3.24. The molecule has 0 fully saturated rings. The number of rotatable bonds is 9. The number of nitrogens with zero attached hydrogens (tertiary/aromatic N) is 1. The summed E-state index contributed by atoms with van der Waals surface area (Å²) in [7, 11) is 4.31. The third kappa shape index (κ3) is 4.80. The lowest BCUT2D eigenvalue weighted by Gasteiger charge is -2.37. The fraction of sp³-hybridized carbons (Fsp3) is 0.647. The standard InChI is InChI=1S/C17H30N2S/c1-6-16(12-20-5)19(4)14-17(2,13-18-3)15-10-8-7-9-11-15/h7-11,16,18H,6,12-14H2,1-5H3. The highest BCUT2D eigenvalue weighted by molar-refractivity contribution is 7.98. The molecule has 0 saturated heterocycles. The average Bonchev–Trinajstić information content (AvgIpc) is 2.45. The van der Waals surface area contributed by atoms with Crippen LogP contribution in [0.3, 0.4) is 0 Å². The summed E-state index contributed by atoms with van der Waals surface area (Å²) in [6, 6.07) is 11.5. The highest BCUT2D eigenvalue weighted by atomic mass is 32.2. The van der Waals surface area contributed by atoms with E-state index in [2.05, 4.69) is 67.7 Å².